The van der Waals surface area contributed by atoms with E-state index in [4.69, 9.17) is 11.5 Å². The zero-order valence-electron chi connectivity index (χ0n) is 11.2. The first-order chi connectivity index (χ1) is 8.01. The van der Waals surface area contributed by atoms with Crippen molar-refractivity contribution < 1.29 is 14.3 Å². The summed E-state index contributed by atoms with van der Waals surface area (Å²) in [4.78, 5) is 20.6. The fraction of sp³-hybridized carbons (Fsp3) is 0.833. The average Bonchev–Trinajstić information content (AvgIpc) is 2.28. The van der Waals surface area contributed by atoms with Crippen molar-refractivity contribution in [3.8, 4) is 0 Å². The third-order valence-electron chi connectivity index (χ3n) is 2.21. The number of methoxy groups -OCH3 is 1. The summed E-state index contributed by atoms with van der Waals surface area (Å²) in [5, 5.41) is 0. The zero-order chi connectivity index (χ0) is 13.7. The molecule has 0 heterocycles. The first kappa shape index (κ1) is 18.3. The molecule has 0 saturated heterocycles. The van der Waals surface area contributed by atoms with Crippen LogP contribution in [0.1, 0.15) is 46.0 Å². The molecule has 0 aliphatic carbocycles. The lowest BCUT2D eigenvalue weighted by Crippen LogP contribution is -2.18. The Morgan fingerprint density at radius 3 is 2.06 bits per heavy atom. The Bertz CT molecular complexity index is 208. The highest BCUT2D eigenvalue weighted by Gasteiger charge is 2.10. The normalized spacial score (nSPS) is 11.1. The molecule has 1 amide bonds. The molecule has 0 radical (unpaired) electrons. The molecule has 0 spiro atoms. The molecule has 4 N–H and O–H groups in total. The molecular formula is C12H26N2O3. The van der Waals surface area contributed by atoms with Gasteiger partial charge in [0.1, 0.15) is 0 Å². The van der Waals surface area contributed by atoms with Crippen LogP contribution in [0.3, 0.4) is 0 Å². The van der Waals surface area contributed by atoms with Crippen LogP contribution < -0.4 is 11.5 Å². The molecule has 0 aromatic carbocycles. The molecule has 102 valence electrons. The van der Waals surface area contributed by atoms with Crippen LogP contribution in [-0.2, 0) is 14.3 Å². The minimum absolute atomic E-state index is 0.158. The summed E-state index contributed by atoms with van der Waals surface area (Å²) in [6, 6.07) is 0. The zero-order valence-corrected chi connectivity index (χ0v) is 11.2. The summed E-state index contributed by atoms with van der Waals surface area (Å²) in [5.74, 6) is -0.0705. The van der Waals surface area contributed by atoms with E-state index in [2.05, 4.69) is 11.7 Å². The number of carbonyl (C=O) groups excluding carboxylic acids is 2. The van der Waals surface area contributed by atoms with E-state index >= 15 is 0 Å². The number of primary amides is 1. The Labute approximate surface area is 104 Å². The highest BCUT2D eigenvalue weighted by Crippen LogP contribution is 2.09. The standard InChI is InChI=1S/C8H17NO2.C4H9NO/c1-3-4-7(6-9)5-8(10)11-2;1-2-3-4(5)6/h7H,3-6,9H2,1-2H3;2-3H2,1H3,(H2,5,6). The number of ether oxygens (including phenoxy) is 1. The predicted molar refractivity (Wildman–Crippen MR) is 68.2 cm³/mol. The monoisotopic (exact) mass is 246 g/mol. The van der Waals surface area contributed by atoms with Crippen molar-refractivity contribution in [1.82, 2.24) is 0 Å². The van der Waals surface area contributed by atoms with Crippen molar-refractivity contribution in [3.63, 3.8) is 0 Å². The number of rotatable bonds is 7. The minimum atomic E-state index is -0.211. The van der Waals surface area contributed by atoms with Crippen molar-refractivity contribution in [1.29, 1.82) is 0 Å². The van der Waals surface area contributed by atoms with Crippen LogP contribution in [0, 0.1) is 5.92 Å². The summed E-state index contributed by atoms with van der Waals surface area (Å²) in [6.45, 7) is 4.58. The fourth-order valence-corrected chi connectivity index (χ4v) is 1.28. The Morgan fingerprint density at radius 1 is 1.24 bits per heavy atom. The van der Waals surface area contributed by atoms with Crippen molar-refractivity contribution >= 4 is 11.9 Å². The Hall–Kier alpha value is -1.10. The van der Waals surface area contributed by atoms with Crippen LogP contribution in [0.5, 0.6) is 0 Å². The first-order valence-corrected chi connectivity index (χ1v) is 6.06. The molecule has 0 aliphatic heterocycles. The molecule has 5 heteroatoms. The van der Waals surface area contributed by atoms with E-state index < -0.39 is 0 Å². The van der Waals surface area contributed by atoms with E-state index in [1.165, 1.54) is 7.11 Å². The summed E-state index contributed by atoms with van der Waals surface area (Å²) in [6.07, 6.45) is 3.90. The summed E-state index contributed by atoms with van der Waals surface area (Å²) in [7, 11) is 1.40. The Kier molecular flexibility index (Phi) is 13.9. The molecule has 0 aliphatic rings. The molecule has 1 atom stereocenters. The molecule has 5 nitrogen and oxygen atoms in total. The van der Waals surface area contributed by atoms with E-state index in [1.807, 2.05) is 6.92 Å². The van der Waals surface area contributed by atoms with Gasteiger partial charge in [-0.15, -0.1) is 0 Å². The highest BCUT2D eigenvalue weighted by molar-refractivity contribution is 5.73. The molecule has 0 aromatic rings. The van der Waals surface area contributed by atoms with E-state index in [0.717, 1.165) is 19.3 Å². The molecular weight excluding hydrogens is 220 g/mol. The second-order valence-electron chi connectivity index (χ2n) is 3.89. The lowest BCUT2D eigenvalue weighted by Gasteiger charge is -2.10. The second kappa shape index (κ2) is 13.0. The number of hydrogen-bond donors (Lipinski definition) is 2. The van der Waals surface area contributed by atoms with Crippen molar-refractivity contribution in [2.24, 2.45) is 17.4 Å². The van der Waals surface area contributed by atoms with Gasteiger partial charge in [0.05, 0.1) is 7.11 Å². The fourth-order valence-electron chi connectivity index (χ4n) is 1.28. The lowest BCUT2D eigenvalue weighted by atomic mass is 10.0. The third-order valence-corrected chi connectivity index (χ3v) is 2.21. The van der Waals surface area contributed by atoms with E-state index in [0.29, 0.717) is 25.3 Å². The van der Waals surface area contributed by atoms with Gasteiger partial charge in [-0.1, -0.05) is 20.3 Å². The molecule has 1 unspecified atom stereocenters. The first-order valence-electron chi connectivity index (χ1n) is 6.06. The third kappa shape index (κ3) is 14.9. The van der Waals surface area contributed by atoms with Gasteiger partial charge < -0.3 is 16.2 Å². The quantitative estimate of drug-likeness (QED) is 0.660. The van der Waals surface area contributed by atoms with Gasteiger partial charge >= 0.3 is 5.97 Å². The highest BCUT2D eigenvalue weighted by atomic mass is 16.5. The molecule has 17 heavy (non-hydrogen) atoms. The van der Waals surface area contributed by atoms with Crippen LogP contribution in [0.25, 0.3) is 0 Å². The Balaban J connectivity index is 0. The molecule has 0 rings (SSSR count). The maximum atomic E-state index is 10.8. The van der Waals surface area contributed by atoms with Crippen LogP contribution >= 0.6 is 0 Å². The van der Waals surface area contributed by atoms with E-state index in [1.54, 1.807) is 0 Å². The van der Waals surface area contributed by atoms with E-state index in [-0.39, 0.29) is 11.9 Å². The van der Waals surface area contributed by atoms with Crippen molar-refractivity contribution in [3.05, 3.63) is 0 Å². The molecule has 0 aromatic heterocycles. The maximum Gasteiger partial charge on any atom is 0.305 e. The van der Waals surface area contributed by atoms with Gasteiger partial charge in [0.25, 0.3) is 0 Å². The van der Waals surface area contributed by atoms with Gasteiger partial charge in [0, 0.05) is 12.8 Å². The van der Waals surface area contributed by atoms with Gasteiger partial charge in [-0.3, -0.25) is 9.59 Å². The second-order valence-corrected chi connectivity index (χ2v) is 3.89. The number of esters is 1. The van der Waals surface area contributed by atoms with E-state index in [9.17, 15) is 9.59 Å². The number of nitrogens with two attached hydrogens (primary N) is 2. The number of carbonyl (C=O) groups is 2. The molecule has 0 bridgehead atoms. The number of hydrogen-bond acceptors (Lipinski definition) is 4. The largest absolute Gasteiger partial charge is 0.469 e. The summed E-state index contributed by atoms with van der Waals surface area (Å²) >= 11 is 0. The average molecular weight is 246 g/mol. The van der Waals surface area contributed by atoms with Gasteiger partial charge in [-0.05, 0) is 25.3 Å². The SMILES string of the molecule is CCCC(CN)CC(=O)OC.CCCC(N)=O. The van der Waals surface area contributed by atoms with Gasteiger partial charge in [-0.2, -0.15) is 0 Å². The smallest absolute Gasteiger partial charge is 0.305 e. The van der Waals surface area contributed by atoms with Gasteiger partial charge in [-0.25, -0.2) is 0 Å². The topological polar surface area (TPSA) is 95.4 Å². The van der Waals surface area contributed by atoms with Crippen molar-refractivity contribution in [2.45, 2.75) is 46.0 Å². The van der Waals surface area contributed by atoms with Gasteiger partial charge in [0.2, 0.25) is 5.91 Å². The van der Waals surface area contributed by atoms with Crippen LogP contribution in [-0.4, -0.2) is 25.5 Å². The van der Waals surface area contributed by atoms with Crippen LogP contribution in [0.4, 0.5) is 0 Å². The minimum Gasteiger partial charge on any atom is -0.469 e. The Morgan fingerprint density at radius 2 is 1.82 bits per heavy atom. The van der Waals surface area contributed by atoms with Crippen LogP contribution in [0.15, 0.2) is 0 Å². The molecule has 0 fully saturated rings. The predicted octanol–water partition coefficient (Wildman–Crippen LogP) is 1.20. The number of amides is 1. The lowest BCUT2D eigenvalue weighted by molar-refractivity contribution is -0.141. The summed E-state index contributed by atoms with van der Waals surface area (Å²) < 4.78 is 4.53. The maximum absolute atomic E-state index is 10.8. The summed E-state index contributed by atoms with van der Waals surface area (Å²) in [5.41, 5.74) is 10.2. The van der Waals surface area contributed by atoms with Gasteiger partial charge in [0.15, 0.2) is 0 Å². The molecule has 0 saturated carbocycles. The van der Waals surface area contributed by atoms with Crippen molar-refractivity contribution in [2.75, 3.05) is 13.7 Å². The van der Waals surface area contributed by atoms with Crippen LogP contribution in [0.2, 0.25) is 0 Å².